The van der Waals surface area contributed by atoms with E-state index in [4.69, 9.17) is 0 Å². The number of carbonyl (C=O) groups excluding carboxylic acids is 2. The molecule has 0 aliphatic heterocycles. The molecule has 0 radical (unpaired) electrons. The summed E-state index contributed by atoms with van der Waals surface area (Å²) in [6, 6.07) is 3.42. The quantitative estimate of drug-likeness (QED) is 0.515. The Bertz CT molecular complexity index is 689. The second-order valence-corrected chi connectivity index (χ2v) is 3.54. The van der Waals surface area contributed by atoms with E-state index < -0.39 is 5.97 Å². The number of rotatable bonds is 0. The number of aromatic nitrogens is 2. The van der Waals surface area contributed by atoms with Gasteiger partial charge in [-0.05, 0) is 12.1 Å². The molecular formula is C13H10N2O3. The molecule has 0 amide bonds. The Morgan fingerprint density at radius 3 is 2.83 bits per heavy atom. The van der Waals surface area contributed by atoms with Gasteiger partial charge < -0.3 is 4.74 Å². The van der Waals surface area contributed by atoms with E-state index in [-0.39, 0.29) is 5.91 Å². The lowest BCUT2D eigenvalue weighted by Gasteiger charge is -1.98. The fourth-order valence-corrected chi connectivity index (χ4v) is 1.57. The van der Waals surface area contributed by atoms with Crippen molar-refractivity contribution in [2.45, 2.75) is 6.92 Å². The summed E-state index contributed by atoms with van der Waals surface area (Å²) < 4.78 is 5.87. The second kappa shape index (κ2) is 4.72. The van der Waals surface area contributed by atoms with Crippen molar-refractivity contribution in [3.63, 3.8) is 0 Å². The van der Waals surface area contributed by atoms with Gasteiger partial charge in [-0.15, -0.1) is 0 Å². The summed E-state index contributed by atoms with van der Waals surface area (Å²) in [5, 5.41) is 0.726. The van der Waals surface area contributed by atoms with Crippen molar-refractivity contribution >= 4 is 22.9 Å². The van der Waals surface area contributed by atoms with Gasteiger partial charge in [0.2, 0.25) is 5.91 Å². The molecule has 18 heavy (non-hydrogen) atoms. The number of ether oxygens (including phenoxy) is 1. The zero-order valence-electron chi connectivity index (χ0n) is 9.93. The van der Waals surface area contributed by atoms with E-state index in [2.05, 4.69) is 21.6 Å². The number of nitrogens with zero attached hydrogens (tertiary/aromatic N) is 2. The van der Waals surface area contributed by atoms with Crippen LogP contribution in [0.1, 0.15) is 17.3 Å². The SMILES string of the molecule is COC(=O)C#Cc1ccnc2c1ccn2C(C)=O. The van der Waals surface area contributed by atoms with Crippen molar-refractivity contribution in [1.29, 1.82) is 0 Å². The van der Waals surface area contributed by atoms with Crippen molar-refractivity contribution in [2.24, 2.45) is 0 Å². The third kappa shape index (κ3) is 2.09. The fourth-order valence-electron chi connectivity index (χ4n) is 1.57. The maximum absolute atomic E-state index is 11.4. The maximum Gasteiger partial charge on any atom is 0.384 e. The highest BCUT2D eigenvalue weighted by Gasteiger charge is 2.08. The van der Waals surface area contributed by atoms with Crippen LogP contribution in [0.5, 0.6) is 0 Å². The van der Waals surface area contributed by atoms with Crippen molar-refractivity contribution in [1.82, 2.24) is 9.55 Å². The predicted octanol–water partition coefficient (Wildman–Crippen LogP) is 1.22. The Hall–Kier alpha value is -2.61. The van der Waals surface area contributed by atoms with E-state index in [9.17, 15) is 9.59 Å². The Kier molecular flexibility index (Phi) is 3.11. The lowest BCUT2D eigenvalue weighted by Crippen LogP contribution is -2.04. The molecule has 2 heterocycles. The highest BCUT2D eigenvalue weighted by atomic mass is 16.5. The molecule has 90 valence electrons. The van der Waals surface area contributed by atoms with Gasteiger partial charge in [-0.1, -0.05) is 5.92 Å². The molecule has 0 aliphatic rings. The molecule has 0 atom stereocenters. The van der Waals surface area contributed by atoms with Gasteiger partial charge in [0, 0.05) is 36.2 Å². The number of carbonyl (C=O) groups is 2. The number of methoxy groups -OCH3 is 1. The first-order chi connectivity index (χ1) is 8.63. The van der Waals surface area contributed by atoms with E-state index in [1.807, 2.05) is 0 Å². The topological polar surface area (TPSA) is 61.2 Å². The summed E-state index contributed by atoms with van der Waals surface area (Å²) >= 11 is 0. The number of hydrogen-bond donors (Lipinski definition) is 0. The molecule has 0 bridgehead atoms. The van der Waals surface area contributed by atoms with Gasteiger partial charge in [0.05, 0.1) is 7.11 Å². The molecule has 5 nitrogen and oxygen atoms in total. The van der Waals surface area contributed by atoms with Gasteiger partial charge in [0.15, 0.2) is 0 Å². The summed E-state index contributed by atoms with van der Waals surface area (Å²) in [7, 11) is 1.27. The van der Waals surface area contributed by atoms with Gasteiger partial charge in [-0.3, -0.25) is 9.36 Å². The lowest BCUT2D eigenvalue weighted by atomic mass is 10.2. The van der Waals surface area contributed by atoms with Crippen LogP contribution in [0.4, 0.5) is 0 Å². The van der Waals surface area contributed by atoms with E-state index in [1.165, 1.54) is 18.6 Å². The minimum absolute atomic E-state index is 0.129. The molecule has 2 aromatic heterocycles. The van der Waals surface area contributed by atoms with Crippen LogP contribution in [0.25, 0.3) is 11.0 Å². The van der Waals surface area contributed by atoms with Crippen LogP contribution in [-0.4, -0.2) is 28.5 Å². The minimum Gasteiger partial charge on any atom is -0.459 e. The molecule has 0 saturated carbocycles. The third-order valence-electron chi connectivity index (χ3n) is 2.41. The largest absolute Gasteiger partial charge is 0.459 e. The van der Waals surface area contributed by atoms with Crippen molar-refractivity contribution in [3.8, 4) is 11.8 Å². The molecular weight excluding hydrogens is 232 g/mol. The van der Waals surface area contributed by atoms with Crippen LogP contribution in [0, 0.1) is 11.8 Å². The van der Waals surface area contributed by atoms with Crippen molar-refractivity contribution in [2.75, 3.05) is 7.11 Å². The average molecular weight is 242 g/mol. The Morgan fingerprint density at radius 2 is 2.17 bits per heavy atom. The molecule has 0 spiro atoms. The van der Waals surface area contributed by atoms with Gasteiger partial charge >= 0.3 is 5.97 Å². The van der Waals surface area contributed by atoms with E-state index in [1.54, 1.807) is 24.5 Å². The maximum atomic E-state index is 11.4. The fraction of sp³-hybridized carbons (Fsp3) is 0.154. The van der Waals surface area contributed by atoms with Crippen molar-refractivity contribution in [3.05, 3.63) is 30.1 Å². The van der Waals surface area contributed by atoms with Crippen LogP contribution >= 0.6 is 0 Å². The summed E-state index contributed by atoms with van der Waals surface area (Å²) in [5.74, 6) is 4.31. The minimum atomic E-state index is -0.606. The number of pyridine rings is 1. The monoisotopic (exact) mass is 242 g/mol. The summed E-state index contributed by atoms with van der Waals surface area (Å²) in [5.41, 5.74) is 1.16. The molecule has 0 aromatic carbocycles. The zero-order valence-corrected chi connectivity index (χ0v) is 9.93. The lowest BCUT2D eigenvalue weighted by molar-refractivity contribution is -0.133. The number of fused-ring (bicyclic) bond motifs is 1. The van der Waals surface area contributed by atoms with Gasteiger partial charge in [-0.25, -0.2) is 9.78 Å². The predicted molar refractivity (Wildman–Crippen MR) is 64.9 cm³/mol. The van der Waals surface area contributed by atoms with Gasteiger partial charge in [0.25, 0.3) is 0 Å². The molecule has 2 rings (SSSR count). The van der Waals surface area contributed by atoms with E-state index in [0.717, 1.165) is 5.39 Å². The van der Waals surface area contributed by atoms with Crippen molar-refractivity contribution < 1.29 is 14.3 Å². The standard InChI is InChI=1S/C13H10N2O3/c1-9(16)15-8-6-11-10(3-4-12(17)18-2)5-7-14-13(11)15/h5-8H,1-2H3. The van der Waals surface area contributed by atoms with Crippen LogP contribution < -0.4 is 0 Å². The third-order valence-corrected chi connectivity index (χ3v) is 2.41. The first kappa shape index (κ1) is 11.9. The van der Waals surface area contributed by atoms with Crippen LogP contribution in [0.3, 0.4) is 0 Å². The zero-order chi connectivity index (χ0) is 13.1. The Labute approximate surface area is 103 Å². The van der Waals surface area contributed by atoms with Crippen LogP contribution in [0.15, 0.2) is 24.5 Å². The Morgan fingerprint density at radius 1 is 1.39 bits per heavy atom. The van der Waals surface area contributed by atoms with Gasteiger partial charge in [0.1, 0.15) is 5.65 Å². The number of hydrogen-bond acceptors (Lipinski definition) is 4. The molecule has 0 aliphatic carbocycles. The number of esters is 1. The summed E-state index contributed by atoms with van der Waals surface area (Å²) in [6.45, 7) is 1.45. The Balaban J connectivity index is 2.56. The molecule has 2 aromatic rings. The summed E-state index contributed by atoms with van der Waals surface area (Å²) in [4.78, 5) is 26.4. The first-order valence-corrected chi connectivity index (χ1v) is 5.20. The van der Waals surface area contributed by atoms with Crippen LogP contribution in [-0.2, 0) is 9.53 Å². The smallest absolute Gasteiger partial charge is 0.384 e. The van der Waals surface area contributed by atoms with Gasteiger partial charge in [-0.2, -0.15) is 0 Å². The highest BCUT2D eigenvalue weighted by molar-refractivity contribution is 5.94. The highest BCUT2D eigenvalue weighted by Crippen LogP contribution is 2.17. The van der Waals surface area contributed by atoms with E-state index in [0.29, 0.717) is 11.2 Å². The molecule has 0 saturated heterocycles. The van der Waals surface area contributed by atoms with Crippen LogP contribution in [0.2, 0.25) is 0 Å². The average Bonchev–Trinajstić information content (AvgIpc) is 2.80. The first-order valence-electron chi connectivity index (χ1n) is 5.20. The molecule has 0 unspecified atom stereocenters. The second-order valence-electron chi connectivity index (χ2n) is 3.54. The summed E-state index contributed by atoms with van der Waals surface area (Å²) in [6.07, 6.45) is 3.17. The van der Waals surface area contributed by atoms with E-state index >= 15 is 0 Å². The molecule has 0 fully saturated rings. The normalized spacial score (nSPS) is 9.67. The molecule has 5 heteroatoms. The molecule has 0 N–H and O–H groups in total.